The highest BCUT2D eigenvalue weighted by atomic mass is 16.6. The van der Waals surface area contributed by atoms with E-state index >= 15 is 0 Å². The van der Waals surface area contributed by atoms with Crippen molar-refractivity contribution in [3.8, 4) is 0 Å². The first-order valence-corrected chi connectivity index (χ1v) is 19.0. The summed E-state index contributed by atoms with van der Waals surface area (Å²) in [7, 11) is 5.78. The summed E-state index contributed by atoms with van der Waals surface area (Å²) < 4.78 is 10.6. The highest BCUT2D eigenvalue weighted by molar-refractivity contribution is 5.75. The predicted molar refractivity (Wildman–Crippen MR) is 190 cm³/mol. The maximum atomic E-state index is 12.2. The van der Waals surface area contributed by atoms with Gasteiger partial charge in [0.15, 0.2) is 12.2 Å². The minimum Gasteiger partial charge on any atom is -0.464 e. The Morgan fingerprint density at radius 1 is 0.457 bits per heavy atom. The number of unbranched alkanes of at least 4 members (excludes halogenated alkanes) is 18. The van der Waals surface area contributed by atoms with Gasteiger partial charge in [0.2, 0.25) is 0 Å². The van der Waals surface area contributed by atoms with Gasteiger partial charge in [-0.2, -0.15) is 0 Å². The van der Waals surface area contributed by atoms with Gasteiger partial charge >= 0.3 is 11.9 Å². The molecule has 0 saturated carbocycles. The minimum absolute atomic E-state index is 0.234. The number of hydrogen-bond donors (Lipinski definition) is 2. The molecule has 2 unspecified atom stereocenters. The van der Waals surface area contributed by atoms with E-state index in [1.807, 2.05) is 30.9 Å². The third-order valence-corrected chi connectivity index (χ3v) is 8.72. The molecule has 0 saturated heterocycles. The number of aliphatic hydroxyl groups excluding tert-OH is 2. The summed E-state index contributed by atoms with van der Waals surface area (Å²) in [4.78, 5) is 30.4. The molecule has 0 amide bonds. The first kappa shape index (κ1) is 44.7. The van der Waals surface area contributed by atoms with Crippen LogP contribution in [0.1, 0.15) is 142 Å². The molecular weight excluding hydrogens is 582 g/mol. The van der Waals surface area contributed by atoms with E-state index in [9.17, 15) is 19.8 Å². The molecule has 0 aliphatic heterocycles. The lowest BCUT2D eigenvalue weighted by Crippen LogP contribution is -2.42. The molecule has 46 heavy (non-hydrogen) atoms. The average molecular weight is 658 g/mol. The Bertz CT molecular complexity index is 642. The van der Waals surface area contributed by atoms with Crippen LogP contribution in [0.15, 0.2) is 0 Å². The molecular formula is C37H75N3O6. The quantitative estimate of drug-likeness (QED) is 0.0599. The SMILES string of the molecule is CCCCCCCCCCCCOC(=O)C(O)CN(C)CCN(C)CCN(C)CC(O)C(=O)OCCCCCCCCCCCC. The van der Waals surface area contributed by atoms with Crippen LogP contribution in [0.5, 0.6) is 0 Å². The molecule has 0 aromatic carbocycles. The molecule has 2 atom stereocenters. The van der Waals surface area contributed by atoms with Crippen molar-refractivity contribution in [2.75, 3.05) is 73.6 Å². The summed E-state index contributed by atoms with van der Waals surface area (Å²) in [5.74, 6) is -1.09. The molecule has 0 aliphatic carbocycles. The minimum atomic E-state index is -1.14. The van der Waals surface area contributed by atoms with E-state index in [0.717, 1.165) is 38.8 Å². The molecule has 2 N–H and O–H groups in total. The lowest BCUT2D eigenvalue weighted by Gasteiger charge is -2.26. The van der Waals surface area contributed by atoms with Gasteiger partial charge in [-0.05, 0) is 34.0 Å². The number of likely N-dealkylation sites (N-methyl/N-ethyl adjacent to an activating group) is 3. The van der Waals surface area contributed by atoms with Crippen molar-refractivity contribution >= 4 is 11.9 Å². The van der Waals surface area contributed by atoms with E-state index in [2.05, 4.69) is 18.7 Å². The zero-order valence-corrected chi connectivity index (χ0v) is 30.8. The van der Waals surface area contributed by atoms with Gasteiger partial charge in [0.1, 0.15) is 0 Å². The first-order valence-electron chi connectivity index (χ1n) is 19.0. The van der Waals surface area contributed by atoms with Crippen molar-refractivity contribution < 1.29 is 29.3 Å². The molecule has 0 fully saturated rings. The number of aliphatic hydroxyl groups is 2. The van der Waals surface area contributed by atoms with Crippen LogP contribution in [0.4, 0.5) is 0 Å². The molecule has 274 valence electrons. The van der Waals surface area contributed by atoms with Crippen molar-refractivity contribution in [2.24, 2.45) is 0 Å². The number of carbonyl (C=O) groups is 2. The van der Waals surface area contributed by atoms with Crippen LogP contribution < -0.4 is 0 Å². The number of ether oxygens (including phenoxy) is 2. The van der Waals surface area contributed by atoms with E-state index < -0.39 is 24.1 Å². The smallest absolute Gasteiger partial charge is 0.336 e. The average Bonchev–Trinajstić information content (AvgIpc) is 3.03. The Morgan fingerprint density at radius 3 is 1.02 bits per heavy atom. The second-order valence-electron chi connectivity index (χ2n) is 13.6. The van der Waals surface area contributed by atoms with Crippen molar-refractivity contribution in [1.29, 1.82) is 0 Å². The van der Waals surface area contributed by atoms with Crippen LogP contribution in [0.2, 0.25) is 0 Å². The van der Waals surface area contributed by atoms with Gasteiger partial charge in [-0.15, -0.1) is 0 Å². The molecule has 0 rings (SSSR count). The van der Waals surface area contributed by atoms with E-state index in [0.29, 0.717) is 26.3 Å². The van der Waals surface area contributed by atoms with Crippen molar-refractivity contribution in [3.05, 3.63) is 0 Å². The highest BCUT2D eigenvalue weighted by Gasteiger charge is 2.20. The van der Waals surface area contributed by atoms with Gasteiger partial charge in [-0.25, -0.2) is 9.59 Å². The van der Waals surface area contributed by atoms with E-state index in [1.165, 1.54) is 103 Å². The Kier molecular flexibility index (Phi) is 31.4. The maximum absolute atomic E-state index is 12.2. The van der Waals surface area contributed by atoms with Crippen LogP contribution in [0.25, 0.3) is 0 Å². The zero-order valence-electron chi connectivity index (χ0n) is 30.8. The second kappa shape index (κ2) is 32.3. The fourth-order valence-electron chi connectivity index (χ4n) is 5.43. The standard InChI is InChI=1S/C37H75N3O6/c1-6-8-10-12-14-16-18-20-22-24-30-45-36(43)34(41)32-39(4)28-26-38(3)27-29-40(5)33-35(42)37(44)46-31-25-23-21-19-17-15-13-11-9-7-2/h34-35,41-42H,6-33H2,1-5H3. The Balaban J connectivity index is 3.82. The molecule has 0 aromatic rings. The Labute approximate surface area is 283 Å². The number of nitrogens with zero attached hydrogens (tertiary/aromatic N) is 3. The fraction of sp³-hybridized carbons (Fsp3) is 0.946. The fourth-order valence-corrected chi connectivity index (χ4v) is 5.43. The topological polar surface area (TPSA) is 103 Å². The Morgan fingerprint density at radius 2 is 0.717 bits per heavy atom. The second-order valence-corrected chi connectivity index (χ2v) is 13.6. The lowest BCUT2D eigenvalue weighted by atomic mass is 10.1. The summed E-state index contributed by atoms with van der Waals surface area (Å²) in [6, 6.07) is 0. The number of rotatable bonds is 34. The molecule has 9 nitrogen and oxygen atoms in total. The number of hydrogen-bond acceptors (Lipinski definition) is 9. The van der Waals surface area contributed by atoms with Crippen LogP contribution in [-0.4, -0.2) is 123 Å². The van der Waals surface area contributed by atoms with E-state index in [4.69, 9.17) is 9.47 Å². The number of carbonyl (C=O) groups excluding carboxylic acids is 2. The predicted octanol–water partition coefficient (Wildman–Crippen LogP) is 6.43. The molecule has 0 aliphatic rings. The van der Waals surface area contributed by atoms with Crippen LogP contribution in [-0.2, 0) is 19.1 Å². The lowest BCUT2D eigenvalue weighted by molar-refractivity contribution is -0.155. The summed E-state index contributed by atoms with van der Waals surface area (Å²) >= 11 is 0. The highest BCUT2D eigenvalue weighted by Crippen LogP contribution is 2.12. The van der Waals surface area contributed by atoms with Gasteiger partial charge in [0.05, 0.1) is 13.2 Å². The van der Waals surface area contributed by atoms with Gasteiger partial charge in [0, 0.05) is 39.3 Å². The summed E-state index contributed by atoms with van der Waals surface area (Å²) in [6.45, 7) is 8.59. The third kappa shape index (κ3) is 28.9. The monoisotopic (exact) mass is 658 g/mol. The maximum Gasteiger partial charge on any atom is 0.336 e. The van der Waals surface area contributed by atoms with Crippen molar-refractivity contribution in [3.63, 3.8) is 0 Å². The summed E-state index contributed by atoms with van der Waals surface area (Å²) in [5.41, 5.74) is 0. The van der Waals surface area contributed by atoms with Crippen LogP contribution in [0.3, 0.4) is 0 Å². The van der Waals surface area contributed by atoms with Crippen LogP contribution >= 0.6 is 0 Å². The molecule has 9 heteroatoms. The van der Waals surface area contributed by atoms with Gasteiger partial charge in [-0.1, -0.05) is 129 Å². The molecule has 0 bridgehead atoms. The first-order chi connectivity index (χ1) is 22.2. The molecule has 0 heterocycles. The molecule has 0 aromatic heterocycles. The van der Waals surface area contributed by atoms with Crippen molar-refractivity contribution in [2.45, 2.75) is 154 Å². The largest absolute Gasteiger partial charge is 0.464 e. The van der Waals surface area contributed by atoms with Crippen molar-refractivity contribution in [1.82, 2.24) is 14.7 Å². The normalized spacial score (nSPS) is 13.1. The van der Waals surface area contributed by atoms with Gasteiger partial charge < -0.3 is 34.4 Å². The number of esters is 2. The zero-order chi connectivity index (χ0) is 34.3. The van der Waals surface area contributed by atoms with Gasteiger partial charge in [0.25, 0.3) is 0 Å². The third-order valence-electron chi connectivity index (χ3n) is 8.72. The van der Waals surface area contributed by atoms with Gasteiger partial charge in [-0.3, -0.25) is 0 Å². The molecule has 0 spiro atoms. The van der Waals surface area contributed by atoms with Crippen LogP contribution in [0, 0.1) is 0 Å². The Hall–Kier alpha value is -1.26. The summed E-state index contributed by atoms with van der Waals surface area (Å²) in [6.07, 6.45) is 22.2. The molecule has 0 radical (unpaired) electrons. The van der Waals surface area contributed by atoms with E-state index in [-0.39, 0.29) is 13.1 Å². The summed E-state index contributed by atoms with van der Waals surface area (Å²) in [5, 5.41) is 20.5. The van der Waals surface area contributed by atoms with E-state index in [1.54, 1.807) is 0 Å².